The van der Waals surface area contributed by atoms with Crippen molar-refractivity contribution >= 4 is 17.2 Å². The van der Waals surface area contributed by atoms with E-state index in [0.717, 1.165) is 13.1 Å². The van der Waals surface area contributed by atoms with Gasteiger partial charge in [-0.05, 0) is 37.8 Å². The zero-order valence-corrected chi connectivity index (χ0v) is 17.9. The molecule has 0 amide bonds. The van der Waals surface area contributed by atoms with Crippen molar-refractivity contribution in [3.8, 4) is 0 Å². The lowest BCUT2D eigenvalue weighted by atomic mass is 10.0. The van der Waals surface area contributed by atoms with E-state index < -0.39 is 11.0 Å². The standard InChI is InChI=1S/C23H32N2OS/c1-19(2)22(16-24-27(26)23(3,4)5)25(17-20-12-8-6-9-13-20)18-21-14-10-7-11-15-21/h6-16,19,22H,17-18H2,1-5H3/b24-16+/t22-,27?/m1/s1. The molecular weight excluding hydrogens is 352 g/mol. The normalized spacial score (nSPS) is 14.8. The van der Waals surface area contributed by atoms with Crippen LogP contribution in [0.5, 0.6) is 0 Å². The van der Waals surface area contributed by atoms with Crippen LogP contribution in [0, 0.1) is 5.92 Å². The fourth-order valence-electron chi connectivity index (χ4n) is 2.87. The van der Waals surface area contributed by atoms with Crippen LogP contribution in [0.25, 0.3) is 0 Å². The molecule has 0 radical (unpaired) electrons. The molecule has 27 heavy (non-hydrogen) atoms. The van der Waals surface area contributed by atoms with E-state index in [1.165, 1.54) is 11.1 Å². The lowest BCUT2D eigenvalue weighted by Gasteiger charge is -2.32. The van der Waals surface area contributed by atoms with Gasteiger partial charge in [-0.3, -0.25) is 4.90 Å². The molecule has 0 spiro atoms. The molecule has 2 aromatic carbocycles. The van der Waals surface area contributed by atoms with Crippen LogP contribution in [-0.2, 0) is 24.1 Å². The molecule has 0 N–H and O–H groups in total. The Balaban J connectivity index is 2.29. The second-order valence-corrected chi connectivity index (χ2v) is 10.2. The van der Waals surface area contributed by atoms with Crippen molar-refractivity contribution < 1.29 is 4.21 Å². The van der Waals surface area contributed by atoms with Gasteiger partial charge in [-0.1, -0.05) is 74.5 Å². The molecule has 0 aliphatic rings. The van der Waals surface area contributed by atoms with E-state index in [2.05, 4.69) is 71.7 Å². The Morgan fingerprint density at radius 2 is 1.37 bits per heavy atom. The third kappa shape index (κ3) is 7.04. The zero-order valence-electron chi connectivity index (χ0n) is 17.1. The van der Waals surface area contributed by atoms with Gasteiger partial charge in [0.15, 0.2) is 0 Å². The van der Waals surface area contributed by atoms with Gasteiger partial charge in [0.2, 0.25) is 0 Å². The predicted octanol–water partition coefficient (Wildman–Crippen LogP) is 5.25. The summed E-state index contributed by atoms with van der Waals surface area (Å²) < 4.78 is 16.5. The minimum Gasteiger partial charge on any atom is -0.287 e. The van der Waals surface area contributed by atoms with Gasteiger partial charge in [0, 0.05) is 25.3 Å². The zero-order chi connectivity index (χ0) is 19.9. The predicted molar refractivity (Wildman–Crippen MR) is 117 cm³/mol. The van der Waals surface area contributed by atoms with Gasteiger partial charge in [-0.2, -0.15) is 4.40 Å². The summed E-state index contributed by atoms with van der Waals surface area (Å²) in [7, 11) is -1.24. The summed E-state index contributed by atoms with van der Waals surface area (Å²) in [6, 6.07) is 21.1. The SMILES string of the molecule is CC(C)[C@@H](/C=N/S(=O)C(C)(C)C)N(Cc1ccccc1)Cc1ccccc1. The Hall–Kier alpha value is -1.78. The highest BCUT2D eigenvalue weighted by molar-refractivity contribution is 7.85. The van der Waals surface area contributed by atoms with E-state index in [0.29, 0.717) is 5.92 Å². The minimum absolute atomic E-state index is 0.108. The van der Waals surface area contributed by atoms with Crippen molar-refractivity contribution in [1.29, 1.82) is 0 Å². The van der Waals surface area contributed by atoms with Crippen LogP contribution in [0.4, 0.5) is 0 Å². The smallest absolute Gasteiger partial charge is 0.144 e. The highest BCUT2D eigenvalue weighted by atomic mass is 32.2. The molecule has 0 fully saturated rings. The van der Waals surface area contributed by atoms with Gasteiger partial charge in [-0.25, -0.2) is 4.21 Å². The molecule has 3 nitrogen and oxygen atoms in total. The highest BCUT2D eigenvalue weighted by Crippen LogP contribution is 2.19. The lowest BCUT2D eigenvalue weighted by Crippen LogP contribution is -2.39. The monoisotopic (exact) mass is 384 g/mol. The van der Waals surface area contributed by atoms with E-state index in [-0.39, 0.29) is 10.8 Å². The number of hydrogen-bond acceptors (Lipinski definition) is 2. The molecule has 2 rings (SSSR count). The maximum Gasteiger partial charge on any atom is 0.144 e. The van der Waals surface area contributed by atoms with Crippen molar-refractivity contribution in [3.05, 3.63) is 71.8 Å². The molecule has 0 aromatic heterocycles. The number of rotatable bonds is 8. The number of hydrogen-bond donors (Lipinski definition) is 0. The molecule has 1 unspecified atom stereocenters. The summed E-state index contributed by atoms with van der Waals surface area (Å²) in [5.41, 5.74) is 2.54. The maximum absolute atomic E-state index is 12.4. The van der Waals surface area contributed by atoms with Gasteiger partial charge in [0.25, 0.3) is 0 Å². The van der Waals surface area contributed by atoms with Crippen molar-refractivity contribution in [1.82, 2.24) is 4.90 Å². The van der Waals surface area contributed by atoms with Crippen LogP contribution < -0.4 is 0 Å². The van der Waals surface area contributed by atoms with Crippen LogP contribution in [0.3, 0.4) is 0 Å². The highest BCUT2D eigenvalue weighted by Gasteiger charge is 2.23. The van der Waals surface area contributed by atoms with E-state index in [9.17, 15) is 4.21 Å². The molecule has 0 saturated heterocycles. The molecule has 0 saturated carbocycles. The van der Waals surface area contributed by atoms with E-state index >= 15 is 0 Å². The molecule has 0 aliphatic heterocycles. The largest absolute Gasteiger partial charge is 0.287 e. The van der Waals surface area contributed by atoms with Crippen LogP contribution in [-0.4, -0.2) is 26.1 Å². The minimum atomic E-state index is -1.24. The maximum atomic E-state index is 12.4. The Morgan fingerprint density at radius 1 is 0.926 bits per heavy atom. The van der Waals surface area contributed by atoms with E-state index in [1.807, 2.05) is 39.1 Å². The quantitative estimate of drug-likeness (QED) is 0.583. The van der Waals surface area contributed by atoms with E-state index in [1.54, 1.807) is 0 Å². The Labute approximate surface area is 167 Å². The van der Waals surface area contributed by atoms with Crippen molar-refractivity contribution in [2.24, 2.45) is 10.3 Å². The summed E-state index contributed by atoms with van der Waals surface area (Å²) in [6.45, 7) is 11.9. The van der Waals surface area contributed by atoms with Crippen LogP contribution in [0.15, 0.2) is 65.1 Å². The van der Waals surface area contributed by atoms with Gasteiger partial charge >= 0.3 is 0 Å². The lowest BCUT2D eigenvalue weighted by molar-refractivity contribution is 0.190. The fraction of sp³-hybridized carbons (Fsp3) is 0.435. The molecule has 2 aromatic rings. The third-order valence-electron chi connectivity index (χ3n) is 4.39. The van der Waals surface area contributed by atoms with Crippen molar-refractivity contribution in [3.63, 3.8) is 0 Å². The second kappa shape index (κ2) is 9.95. The number of nitrogens with zero attached hydrogens (tertiary/aromatic N) is 2. The molecule has 4 heteroatoms. The van der Waals surface area contributed by atoms with Gasteiger partial charge in [0.1, 0.15) is 11.0 Å². The molecule has 0 heterocycles. The summed E-state index contributed by atoms with van der Waals surface area (Å²) in [6.07, 6.45) is 1.90. The molecule has 0 bridgehead atoms. The summed E-state index contributed by atoms with van der Waals surface area (Å²) in [5, 5.41) is 0. The fourth-order valence-corrected chi connectivity index (χ4v) is 3.42. The topological polar surface area (TPSA) is 32.7 Å². The third-order valence-corrected chi connectivity index (χ3v) is 5.76. The van der Waals surface area contributed by atoms with Crippen molar-refractivity contribution in [2.45, 2.75) is 58.5 Å². The Bertz CT molecular complexity index is 694. The first kappa shape index (κ1) is 21.5. The Kier molecular flexibility index (Phi) is 7.93. The average molecular weight is 385 g/mol. The first-order chi connectivity index (χ1) is 12.8. The molecule has 0 aliphatic carbocycles. The van der Waals surface area contributed by atoms with Gasteiger partial charge < -0.3 is 0 Å². The molecule has 146 valence electrons. The van der Waals surface area contributed by atoms with Crippen LogP contribution >= 0.6 is 0 Å². The molecule has 2 atom stereocenters. The van der Waals surface area contributed by atoms with Crippen LogP contribution in [0.1, 0.15) is 45.7 Å². The number of benzene rings is 2. The second-order valence-electron chi connectivity index (χ2n) is 8.23. The summed E-state index contributed by atoms with van der Waals surface area (Å²) in [4.78, 5) is 2.42. The van der Waals surface area contributed by atoms with Gasteiger partial charge in [0.05, 0.1) is 4.75 Å². The van der Waals surface area contributed by atoms with Crippen LogP contribution in [0.2, 0.25) is 0 Å². The van der Waals surface area contributed by atoms with E-state index in [4.69, 9.17) is 0 Å². The van der Waals surface area contributed by atoms with Gasteiger partial charge in [-0.15, -0.1) is 0 Å². The first-order valence-electron chi connectivity index (χ1n) is 9.55. The first-order valence-corrected chi connectivity index (χ1v) is 10.7. The summed E-state index contributed by atoms with van der Waals surface area (Å²) in [5.74, 6) is 0.359. The van der Waals surface area contributed by atoms with Crippen molar-refractivity contribution in [2.75, 3.05) is 0 Å². The summed E-state index contributed by atoms with van der Waals surface area (Å²) >= 11 is 0. The average Bonchev–Trinajstić information content (AvgIpc) is 2.62. The molecular formula is C23H32N2OS. The Morgan fingerprint density at radius 3 is 1.74 bits per heavy atom.